The van der Waals surface area contributed by atoms with Crippen LogP contribution in [0.15, 0.2) is 0 Å². The van der Waals surface area contributed by atoms with E-state index in [1.807, 2.05) is 0 Å². The van der Waals surface area contributed by atoms with Gasteiger partial charge in [0.05, 0.1) is 0 Å². The number of halogens is 1. The van der Waals surface area contributed by atoms with Crippen molar-refractivity contribution in [1.29, 1.82) is 0 Å². The first-order valence-corrected chi connectivity index (χ1v) is 8.32. The molecular weight excluding hydrogens is 260 g/mol. The predicted molar refractivity (Wildman–Crippen MR) is 67.5 cm³/mol. The molecular formula is C10H23BrO2Si. The lowest BCUT2D eigenvalue weighted by Crippen LogP contribution is -2.29. The van der Waals surface area contributed by atoms with E-state index in [4.69, 9.17) is 8.85 Å². The summed E-state index contributed by atoms with van der Waals surface area (Å²) in [5.41, 5.74) is 0.674. The van der Waals surface area contributed by atoms with Crippen LogP contribution in [0.3, 0.4) is 0 Å². The van der Waals surface area contributed by atoms with Crippen molar-refractivity contribution in [3.8, 4) is 0 Å². The minimum Gasteiger partial charge on any atom is -0.397 e. The Labute approximate surface area is 98.3 Å². The molecule has 0 saturated carbocycles. The summed E-state index contributed by atoms with van der Waals surface area (Å²) in [6, 6.07) is 0. The fourth-order valence-corrected chi connectivity index (χ4v) is 4.03. The van der Waals surface area contributed by atoms with Crippen LogP contribution in [0.4, 0.5) is 0 Å². The SMILES string of the molecule is CCO[SiH](OCC)C(CC)CCCBr. The largest absolute Gasteiger partial charge is 0.397 e. The van der Waals surface area contributed by atoms with E-state index in [9.17, 15) is 0 Å². The molecule has 0 aliphatic rings. The van der Waals surface area contributed by atoms with Crippen LogP contribution in [0.5, 0.6) is 0 Å². The highest BCUT2D eigenvalue weighted by molar-refractivity contribution is 9.09. The molecule has 0 fully saturated rings. The molecule has 0 aliphatic carbocycles. The monoisotopic (exact) mass is 282 g/mol. The zero-order chi connectivity index (χ0) is 10.8. The Bertz CT molecular complexity index is 119. The van der Waals surface area contributed by atoms with Gasteiger partial charge >= 0.3 is 9.28 Å². The summed E-state index contributed by atoms with van der Waals surface area (Å²) in [4.78, 5) is 0. The Hall–Kier alpha value is 0.617. The van der Waals surface area contributed by atoms with E-state index in [1.54, 1.807) is 0 Å². The molecule has 4 heteroatoms. The topological polar surface area (TPSA) is 18.5 Å². The molecule has 1 unspecified atom stereocenters. The van der Waals surface area contributed by atoms with Crippen LogP contribution in [0.1, 0.15) is 40.0 Å². The van der Waals surface area contributed by atoms with E-state index in [0.717, 1.165) is 18.5 Å². The van der Waals surface area contributed by atoms with E-state index < -0.39 is 9.28 Å². The third kappa shape index (κ3) is 6.17. The maximum Gasteiger partial charge on any atom is 0.324 e. The van der Waals surface area contributed by atoms with Crippen LogP contribution in [0, 0.1) is 0 Å². The number of alkyl halides is 1. The summed E-state index contributed by atoms with van der Waals surface area (Å²) < 4.78 is 11.5. The second kappa shape index (κ2) is 10.1. The summed E-state index contributed by atoms with van der Waals surface area (Å²) in [6.45, 7) is 7.92. The van der Waals surface area contributed by atoms with Crippen molar-refractivity contribution in [3.05, 3.63) is 0 Å². The van der Waals surface area contributed by atoms with Crippen LogP contribution < -0.4 is 0 Å². The molecule has 0 saturated heterocycles. The summed E-state index contributed by atoms with van der Waals surface area (Å²) >= 11 is 3.47. The smallest absolute Gasteiger partial charge is 0.324 e. The summed E-state index contributed by atoms with van der Waals surface area (Å²) in [5.74, 6) is 0. The van der Waals surface area contributed by atoms with Crippen molar-refractivity contribution in [2.24, 2.45) is 0 Å². The minimum absolute atomic E-state index is 0.674. The molecule has 0 bridgehead atoms. The first-order valence-electron chi connectivity index (χ1n) is 5.59. The molecule has 0 aromatic rings. The molecule has 0 aliphatic heterocycles. The molecule has 14 heavy (non-hydrogen) atoms. The van der Waals surface area contributed by atoms with E-state index in [0.29, 0.717) is 5.54 Å². The van der Waals surface area contributed by atoms with Gasteiger partial charge in [-0.05, 0) is 32.2 Å². The second-order valence-corrected chi connectivity index (χ2v) is 6.42. The van der Waals surface area contributed by atoms with Crippen molar-refractivity contribution in [2.45, 2.75) is 45.6 Å². The quantitative estimate of drug-likeness (QED) is 0.478. The van der Waals surface area contributed by atoms with Gasteiger partial charge in [0.2, 0.25) is 0 Å². The molecule has 86 valence electrons. The van der Waals surface area contributed by atoms with E-state index in [2.05, 4.69) is 36.7 Å². The van der Waals surface area contributed by atoms with E-state index in [-0.39, 0.29) is 0 Å². The standard InChI is InChI=1S/C10H23BrO2Si/c1-4-10(8-7-9-11)14(12-5-2)13-6-3/h10,14H,4-9H2,1-3H3. The van der Waals surface area contributed by atoms with Crippen molar-refractivity contribution in [2.75, 3.05) is 18.5 Å². The van der Waals surface area contributed by atoms with Gasteiger partial charge in [-0.25, -0.2) is 0 Å². The molecule has 1 atom stereocenters. The highest BCUT2D eigenvalue weighted by Gasteiger charge is 2.23. The fourth-order valence-electron chi connectivity index (χ4n) is 1.52. The zero-order valence-electron chi connectivity index (χ0n) is 9.59. The number of hydrogen-bond acceptors (Lipinski definition) is 2. The molecule has 2 nitrogen and oxygen atoms in total. The summed E-state index contributed by atoms with van der Waals surface area (Å²) in [7, 11) is -1.40. The van der Waals surface area contributed by atoms with Gasteiger partial charge in [-0.1, -0.05) is 29.3 Å². The molecule has 0 amide bonds. The summed E-state index contributed by atoms with van der Waals surface area (Å²) in [6.07, 6.45) is 3.64. The van der Waals surface area contributed by atoms with Gasteiger partial charge in [-0.2, -0.15) is 0 Å². The maximum absolute atomic E-state index is 5.73. The molecule has 0 rings (SSSR count). The lowest BCUT2D eigenvalue weighted by molar-refractivity contribution is 0.201. The highest BCUT2D eigenvalue weighted by atomic mass is 79.9. The predicted octanol–water partition coefficient (Wildman–Crippen LogP) is 3.24. The van der Waals surface area contributed by atoms with Crippen molar-refractivity contribution in [3.63, 3.8) is 0 Å². The van der Waals surface area contributed by atoms with Gasteiger partial charge in [-0.15, -0.1) is 0 Å². The average molecular weight is 283 g/mol. The lowest BCUT2D eigenvalue weighted by atomic mass is 10.2. The van der Waals surface area contributed by atoms with Crippen molar-refractivity contribution in [1.82, 2.24) is 0 Å². The third-order valence-corrected chi connectivity index (χ3v) is 5.74. The molecule has 0 radical (unpaired) electrons. The number of rotatable bonds is 9. The van der Waals surface area contributed by atoms with Crippen LogP contribution in [0.2, 0.25) is 5.54 Å². The Balaban J connectivity index is 3.96. The minimum atomic E-state index is -1.40. The summed E-state index contributed by atoms with van der Waals surface area (Å²) in [5, 5.41) is 1.09. The first kappa shape index (κ1) is 14.6. The van der Waals surface area contributed by atoms with Gasteiger partial charge in [0.15, 0.2) is 0 Å². The normalized spacial score (nSPS) is 13.5. The fraction of sp³-hybridized carbons (Fsp3) is 1.00. The van der Waals surface area contributed by atoms with E-state index >= 15 is 0 Å². The van der Waals surface area contributed by atoms with Gasteiger partial charge in [0, 0.05) is 18.5 Å². The van der Waals surface area contributed by atoms with Crippen molar-refractivity contribution >= 4 is 25.2 Å². The Morgan fingerprint density at radius 2 is 1.71 bits per heavy atom. The van der Waals surface area contributed by atoms with Crippen molar-refractivity contribution < 1.29 is 8.85 Å². The van der Waals surface area contributed by atoms with E-state index in [1.165, 1.54) is 19.3 Å². The maximum atomic E-state index is 5.73. The molecule has 0 aromatic heterocycles. The lowest BCUT2D eigenvalue weighted by Gasteiger charge is -2.23. The molecule has 0 spiro atoms. The van der Waals surface area contributed by atoms with Gasteiger partial charge < -0.3 is 8.85 Å². The Morgan fingerprint density at radius 1 is 1.14 bits per heavy atom. The average Bonchev–Trinajstić information content (AvgIpc) is 2.19. The zero-order valence-corrected chi connectivity index (χ0v) is 12.3. The van der Waals surface area contributed by atoms with Gasteiger partial charge in [0.25, 0.3) is 0 Å². The molecule has 0 N–H and O–H groups in total. The molecule has 0 heterocycles. The number of hydrogen-bond donors (Lipinski definition) is 0. The van der Waals surface area contributed by atoms with Crippen LogP contribution in [-0.2, 0) is 8.85 Å². The van der Waals surface area contributed by atoms with Gasteiger partial charge in [0.1, 0.15) is 0 Å². The first-order chi connectivity index (χ1) is 6.79. The van der Waals surface area contributed by atoms with Crippen LogP contribution in [0.25, 0.3) is 0 Å². The van der Waals surface area contributed by atoms with Gasteiger partial charge in [-0.3, -0.25) is 0 Å². The third-order valence-electron chi connectivity index (χ3n) is 2.28. The Kier molecular flexibility index (Phi) is 10.6. The highest BCUT2D eigenvalue weighted by Crippen LogP contribution is 2.23. The van der Waals surface area contributed by atoms with Crippen LogP contribution >= 0.6 is 15.9 Å². The Morgan fingerprint density at radius 3 is 2.07 bits per heavy atom. The second-order valence-electron chi connectivity index (χ2n) is 3.28. The molecule has 0 aromatic carbocycles. The van der Waals surface area contributed by atoms with Crippen LogP contribution in [-0.4, -0.2) is 27.8 Å².